The molecule has 4 rings (SSSR count). The molecule has 1 unspecified atom stereocenters. The molecule has 0 aliphatic carbocycles. The number of carbonyl (C=O) groups is 1. The first-order chi connectivity index (χ1) is 14.9. The summed E-state index contributed by atoms with van der Waals surface area (Å²) in [5.41, 5.74) is 5.14. The Balaban J connectivity index is 1.81. The quantitative estimate of drug-likeness (QED) is 0.536. The number of fused-ring (bicyclic) bond motifs is 1. The summed E-state index contributed by atoms with van der Waals surface area (Å²) < 4.78 is 11.2. The number of hydrogen-bond acceptors (Lipinski definition) is 7. The van der Waals surface area contributed by atoms with Gasteiger partial charge >= 0.3 is 0 Å². The number of ether oxygens (including phenoxy) is 1. The molecule has 9 heteroatoms. The summed E-state index contributed by atoms with van der Waals surface area (Å²) in [6.45, 7) is 2.84. The van der Waals surface area contributed by atoms with E-state index in [2.05, 4.69) is 9.88 Å². The van der Waals surface area contributed by atoms with E-state index in [9.17, 15) is 19.5 Å². The van der Waals surface area contributed by atoms with E-state index in [0.717, 1.165) is 5.39 Å². The van der Waals surface area contributed by atoms with Crippen molar-refractivity contribution in [3.05, 3.63) is 74.1 Å². The number of aromatic amines is 1. The molecule has 162 valence electrons. The average molecular weight is 425 g/mol. The van der Waals surface area contributed by atoms with Gasteiger partial charge in [-0.05, 0) is 17.5 Å². The molecule has 4 N–H and O–H groups in total. The Hall–Kier alpha value is -3.43. The number of primary amides is 1. The third-order valence-corrected chi connectivity index (χ3v) is 5.36. The maximum Gasteiger partial charge on any atom is 0.252 e. The molecule has 0 spiro atoms. The first kappa shape index (κ1) is 20.8. The topological polar surface area (TPSA) is 139 Å². The number of benzene rings is 1. The van der Waals surface area contributed by atoms with Crippen LogP contribution in [0.3, 0.4) is 0 Å². The SMILES string of the molecule is NC(=O)CC(c1oc(CN2CCOCC2)cc(=O)c1O)c1cc2ccccc2[nH]c1=O. The van der Waals surface area contributed by atoms with Crippen molar-refractivity contribution < 1.29 is 19.1 Å². The molecule has 3 heterocycles. The smallest absolute Gasteiger partial charge is 0.252 e. The predicted octanol–water partition coefficient (Wildman–Crippen LogP) is 1.03. The van der Waals surface area contributed by atoms with Crippen molar-refractivity contribution in [3.8, 4) is 5.75 Å². The van der Waals surface area contributed by atoms with Gasteiger partial charge in [0, 0.05) is 36.7 Å². The van der Waals surface area contributed by atoms with Crippen LogP contribution >= 0.6 is 0 Å². The van der Waals surface area contributed by atoms with Crippen LogP contribution in [0.5, 0.6) is 5.75 Å². The van der Waals surface area contributed by atoms with Gasteiger partial charge in [0.15, 0.2) is 5.76 Å². The molecule has 1 aliphatic heterocycles. The molecule has 0 bridgehead atoms. The predicted molar refractivity (Wildman–Crippen MR) is 113 cm³/mol. The standard InChI is InChI=1S/C22H23N3O6/c23-19(27)11-15(16-9-13-3-1-2-4-17(13)24-22(16)29)21-20(28)18(26)10-14(31-21)12-25-5-7-30-8-6-25/h1-4,9-10,15,28H,5-8,11-12H2,(H2,23,27)(H,24,29). The molecule has 1 atom stereocenters. The van der Waals surface area contributed by atoms with Gasteiger partial charge in [-0.15, -0.1) is 0 Å². The molecular weight excluding hydrogens is 402 g/mol. The fraction of sp³-hybridized carbons (Fsp3) is 0.318. The summed E-state index contributed by atoms with van der Waals surface area (Å²) in [5.74, 6) is -2.16. The van der Waals surface area contributed by atoms with Crippen LogP contribution in [0.2, 0.25) is 0 Å². The lowest BCUT2D eigenvalue weighted by Crippen LogP contribution is -2.35. The highest BCUT2D eigenvalue weighted by Crippen LogP contribution is 2.32. The molecule has 2 aromatic heterocycles. The minimum absolute atomic E-state index is 0.143. The lowest BCUT2D eigenvalue weighted by molar-refractivity contribution is -0.118. The Morgan fingerprint density at radius 3 is 2.68 bits per heavy atom. The third kappa shape index (κ3) is 4.52. The summed E-state index contributed by atoms with van der Waals surface area (Å²) in [6.07, 6.45) is -0.307. The highest BCUT2D eigenvalue weighted by atomic mass is 16.5. The second-order valence-corrected chi connectivity index (χ2v) is 7.54. The summed E-state index contributed by atoms with van der Waals surface area (Å²) >= 11 is 0. The van der Waals surface area contributed by atoms with E-state index in [0.29, 0.717) is 44.1 Å². The summed E-state index contributed by atoms with van der Waals surface area (Å²) in [7, 11) is 0. The minimum atomic E-state index is -1.01. The number of para-hydroxylation sites is 1. The van der Waals surface area contributed by atoms with Gasteiger partial charge in [0.2, 0.25) is 17.1 Å². The van der Waals surface area contributed by atoms with Gasteiger partial charge in [-0.25, -0.2) is 0 Å². The van der Waals surface area contributed by atoms with Gasteiger partial charge in [0.25, 0.3) is 5.56 Å². The minimum Gasteiger partial charge on any atom is -0.502 e. The average Bonchev–Trinajstić information content (AvgIpc) is 2.75. The van der Waals surface area contributed by atoms with Crippen LogP contribution in [0, 0.1) is 0 Å². The Morgan fingerprint density at radius 1 is 1.19 bits per heavy atom. The van der Waals surface area contributed by atoms with E-state index in [4.69, 9.17) is 14.9 Å². The van der Waals surface area contributed by atoms with Crippen molar-refractivity contribution in [2.24, 2.45) is 5.73 Å². The summed E-state index contributed by atoms with van der Waals surface area (Å²) in [4.78, 5) is 41.9. The number of nitrogens with two attached hydrogens (primary N) is 1. The van der Waals surface area contributed by atoms with Gasteiger partial charge in [-0.2, -0.15) is 0 Å². The highest BCUT2D eigenvalue weighted by molar-refractivity contribution is 5.80. The molecule has 0 radical (unpaired) electrons. The number of aromatic nitrogens is 1. The fourth-order valence-corrected chi connectivity index (χ4v) is 3.82. The van der Waals surface area contributed by atoms with E-state index < -0.39 is 28.6 Å². The van der Waals surface area contributed by atoms with Crippen molar-refractivity contribution in [2.45, 2.75) is 18.9 Å². The molecule has 31 heavy (non-hydrogen) atoms. The summed E-state index contributed by atoms with van der Waals surface area (Å²) in [6, 6.07) is 10.0. The first-order valence-electron chi connectivity index (χ1n) is 9.98. The molecule has 1 aromatic carbocycles. The Bertz CT molecular complexity index is 1230. The van der Waals surface area contributed by atoms with Crippen LogP contribution in [0.4, 0.5) is 0 Å². The number of nitrogens with zero attached hydrogens (tertiary/aromatic N) is 1. The van der Waals surface area contributed by atoms with Crippen molar-refractivity contribution in [2.75, 3.05) is 26.3 Å². The zero-order valence-electron chi connectivity index (χ0n) is 16.8. The number of pyridine rings is 1. The van der Waals surface area contributed by atoms with E-state index in [1.54, 1.807) is 24.3 Å². The molecule has 1 aliphatic rings. The zero-order chi connectivity index (χ0) is 22.0. The van der Waals surface area contributed by atoms with Crippen LogP contribution in [0.25, 0.3) is 10.9 Å². The fourth-order valence-electron chi connectivity index (χ4n) is 3.82. The van der Waals surface area contributed by atoms with Crippen LogP contribution in [-0.2, 0) is 16.1 Å². The molecular formula is C22H23N3O6. The molecule has 0 saturated carbocycles. The van der Waals surface area contributed by atoms with Crippen molar-refractivity contribution in [1.29, 1.82) is 0 Å². The van der Waals surface area contributed by atoms with Gasteiger partial charge in [0.05, 0.1) is 25.7 Å². The van der Waals surface area contributed by atoms with Crippen LogP contribution in [0.15, 0.2) is 50.4 Å². The second-order valence-electron chi connectivity index (χ2n) is 7.54. The van der Waals surface area contributed by atoms with Crippen LogP contribution in [0.1, 0.15) is 29.4 Å². The number of morpholine rings is 1. The van der Waals surface area contributed by atoms with E-state index >= 15 is 0 Å². The van der Waals surface area contributed by atoms with Crippen molar-refractivity contribution in [1.82, 2.24) is 9.88 Å². The number of hydrogen-bond donors (Lipinski definition) is 3. The summed E-state index contributed by atoms with van der Waals surface area (Å²) in [5, 5.41) is 11.2. The number of rotatable bonds is 6. The number of amides is 1. The number of H-pyrrole nitrogens is 1. The maximum atomic E-state index is 12.8. The van der Waals surface area contributed by atoms with Crippen LogP contribution in [-0.4, -0.2) is 47.2 Å². The maximum absolute atomic E-state index is 12.8. The third-order valence-electron chi connectivity index (χ3n) is 5.36. The zero-order valence-corrected chi connectivity index (χ0v) is 16.8. The molecule has 1 amide bonds. The normalized spacial score (nSPS) is 15.7. The van der Waals surface area contributed by atoms with Gasteiger partial charge < -0.3 is 25.0 Å². The molecule has 1 fully saturated rings. The monoisotopic (exact) mass is 425 g/mol. The largest absolute Gasteiger partial charge is 0.502 e. The highest BCUT2D eigenvalue weighted by Gasteiger charge is 2.28. The first-order valence-corrected chi connectivity index (χ1v) is 9.98. The molecule has 1 saturated heterocycles. The van der Waals surface area contributed by atoms with Gasteiger partial charge in [-0.1, -0.05) is 18.2 Å². The number of aromatic hydroxyl groups is 1. The van der Waals surface area contributed by atoms with Crippen molar-refractivity contribution in [3.63, 3.8) is 0 Å². The lowest BCUT2D eigenvalue weighted by Gasteiger charge is -2.26. The second kappa shape index (κ2) is 8.75. The van der Waals surface area contributed by atoms with Crippen molar-refractivity contribution >= 4 is 16.8 Å². The van der Waals surface area contributed by atoms with E-state index in [-0.39, 0.29) is 17.7 Å². The lowest BCUT2D eigenvalue weighted by atomic mass is 9.92. The molecule has 3 aromatic rings. The molecule has 9 nitrogen and oxygen atoms in total. The Labute approximate surface area is 177 Å². The number of nitrogens with one attached hydrogen (secondary N) is 1. The van der Waals surface area contributed by atoms with Gasteiger partial charge in [-0.3, -0.25) is 19.3 Å². The Morgan fingerprint density at radius 2 is 1.94 bits per heavy atom. The van der Waals surface area contributed by atoms with E-state index in [1.165, 1.54) is 6.07 Å². The Kier molecular flexibility index (Phi) is 5.88. The van der Waals surface area contributed by atoms with E-state index in [1.807, 2.05) is 6.07 Å². The van der Waals surface area contributed by atoms with Crippen LogP contribution < -0.4 is 16.7 Å². The van der Waals surface area contributed by atoms with Gasteiger partial charge in [0.1, 0.15) is 5.76 Å². The number of carbonyl (C=O) groups excluding carboxylic acids is 1.